The molecule has 0 bridgehead atoms. The standard InChI is InChI=1S/C24H25NO4.C16H25N3O.C16H22O2.C16H20O2.C14H18O2.C4H8O.C2H6O.H2N2.H2O.H2/c26-22(13-14-25-23(27)20-11-4-5-12-21(20)24(25)28)18-9-6-10-19(15-18)29-16-17-7-2-1-3-8-17;17-10-9-16(19-18)14-7-4-8-15(11-14)20-12-13-5-2-1-3-6-13;2*1-2-16(17)14-9-6-10-15(11-14)18-12-13-7-4-3-5-8-13;15-10-13-7-4-8-14(9-13)16-11-12-5-2-1-3-6-12;1-2-4-5-3-1;1-2-3;1-2;;/h4-6,9-12,15,17H,1-3,7-8,13-14,16H2;4,7-8,11,13H,1-3,5-6,9-10,12,17-18H2;2,6,9-11,13,16-17H,1,3-5,7-8,12H2;2,6,9-11,13H,1,3-5,7-8,12H2;4,7-10,12H,1-3,5-6,11H2;1-4H2;3H,2H2,1H3;1-2H;1H2;1H/b;19-16-;;;;;;;;. The first-order valence-electron chi connectivity index (χ1n) is 40.8. The Kier molecular flexibility index (Phi) is 46.8. The molecule has 6 fully saturated rings. The summed E-state index contributed by atoms with van der Waals surface area (Å²) in [6.07, 6.45) is 39.1. The predicted molar refractivity (Wildman–Crippen MR) is 447 cm³/mol. The second kappa shape index (κ2) is 56.1. The summed E-state index contributed by atoms with van der Waals surface area (Å²) in [5, 5.41) is 21.1. The minimum absolute atomic E-state index is 0. The third-order valence-corrected chi connectivity index (χ3v) is 20.9. The maximum absolute atomic E-state index is 12.6. The average Bonchev–Trinajstić information content (AvgIpc) is 1.64. The van der Waals surface area contributed by atoms with Crippen molar-refractivity contribution in [3.05, 3.63) is 210 Å². The Morgan fingerprint density at radius 3 is 1.25 bits per heavy atom. The quantitative estimate of drug-likeness (QED) is 0.00321. The number of ketones is 2. The van der Waals surface area contributed by atoms with Gasteiger partial charge in [0.2, 0.25) is 0 Å². The van der Waals surface area contributed by atoms with Crippen molar-refractivity contribution in [2.24, 2.45) is 46.3 Å². The van der Waals surface area contributed by atoms with Crippen molar-refractivity contribution in [3.63, 3.8) is 0 Å². The van der Waals surface area contributed by atoms with Crippen LogP contribution in [-0.2, 0) is 4.74 Å². The number of carbonyl (C=O) groups excluding carboxylic acids is 5. The molecule has 0 aromatic heterocycles. The molecule has 0 radical (unpaired) electrons. The number of aliphatic hydroxyl groups excluding tert-OH is 2. The fraction of sp³-hybridized carbons (Fsp3) is 0.500. The lowest BCUT2D eigenvalue weighted by Crippen LogP contribution is -2.31. The number of carbonyl (C=O) groups is 5. The summed E-state index contributed by atoms with van der Waals surface area (Å²) in [6.45, 7) is 15.5. The van der Waals surface area contributed by atoms with Crippen LogP contribution >= 0.6 is 0 Å². The number of aliphatic hydroxyl groups is 2. The van der Waals surface area contributed by atoms with Gasteiger partial charge >= 0.3 is 0 Å². The van der Waals surface area contributed by atoms with Crippen LogP contribution in [0.15, 0.2) is 176 Å². The predicted octanol–water partition coefficient (Wildman–Crippen LogP) is 19.3. The van der Waals surface area contributed by atoms with Crippen molar-refractivity contribution in [2.75, 3.05) is 65.9 Å². The SMILES string of the molecule is C1CCOC1.C=CC(=O)c1cccc(OCC2CCCCC2)c1.C=CC(O)c1cccc(OCC2CCCCC2)c1.CCO.N=N.NCC/C(=N/N)c1cccc(OCC2CCCCC2)c1.O.O=C(CCN1C(=O)c2ccccc2C1=O)c1cccc(OCC2CCCCC2)c1.O=Cc1cccc(OCC2CCCCC2)c1.[HH]. The van der Waals surface area contributed by atoms with Crippen molar-refractivity contribution in [1.29, 1.82) is 11.1 Å². The molecule has 5 saturated carbocycles. The zero-order valence-corrected chi connectivity index (χ0v) is 66.5. The molecule has 1 saturated heterocycles. The lowest BCUT2D eigenvalue weighted by Gasteiger charge is -2.21. The summed E-state index contributed by atoms with van der Waals surface area (Å²) < 4.78 is 34.2. The van der Waals surface area contributed by atoms with Gasteiger partial charge in [0.15, 0.2) is 11.6 Å². The van der Waals surface area contributed by atoms with Crippen molar-refractivity contribution < 1.29 is 69.5 Å². The molecule has 20 heteroatoms. The van der Waals surface area contributed by atoms with Gasteiger partial charge in [-0.2, -0.15) is 5.10 Å². The maximum atomic E-state index is 12.6. The van der Waals surface area contributed by atoms with E-state index in [1.807, 2.05) is 84.9 Å². The fourth-order valence-corrected chi connectivity index (χ4v) is 14.6. The normalized spacial score (nSPS) is 16.6. The third-order valence-electron chi connectivity index (χ3n) is 20.9. The molecule has 20 nitrogen and oxygen atoms in total. The number of fused-ring (bicyclic) bond motifs is 1. The number of imide groups is 1. The molecule has 112 heavy (non-hydrogen) atoms. The number of Topliss-reactive ketones (excluding diaryl/α,β-unsaturated/α-hetero) is 1. The lowest BCUT2D eigenvalue weighted by molar-refractivity contribution is 0.0648. The highest BCUT2D eigenvalue weighted by molar-refractivity contribution is 6.21. The molecule has 2 aliphatic heterocycles. The number of ether oxygens (including phenoxy) is 6. The number of nitrogens with zero attached hydrogens (tertiary/aromatic N) is 2. The number of allylic oxidation sites excluding steroid dienone is 1. The Balaban J connectivity index is 0.000000291. The van der Waals surface area contributed by atoms with Crippen molar-refractivity contribution in [1.82, 2.24) is 4.90 Å². The molecule has 2 amide bonds. The average molecular weight is 1540 g/mol. The highest BCUT2D eigenvalue weighted by atomic mass is 16.5. The lowest BCUT2D eigenvalue weighted by atomic mass is 9.90. The number of rotatable bonds is 27. The Morgan fingerprint density at radius 1 is 0.527 bits per heavy atom. The monoisotopic (exact) mass is 1540 g/mol. The van der Waals surface area contributed by atoms with Gasteiger partial charge in [0, 0.05) is 62.9 Å². The van der Waals surface area contributed by atoms with Crippen LogP contribution in [-0.4, -0.2) is 122 Å². The first-order valence-corrected chi connectivity index (χ1v) is 40.8. The Morgan fingerprint density at radius 2 is 0.884 bits per heavy atom. The molecular weight excluding hydrogens is 1410 g/mol. The summed E-state index contributed by atoms with van der Waals surface area (Å²) in [5.74, 6) is 12.0. The number of hydrazone groups is 1. The van der Waals surface area contributed by atoms with E-state index in [0.29, 0.717) is 82.7 Å². The van der Waals surface area contributed by atoms with Gasteiger partial charge < -0.3 is 55.7 Å². The van der Waals surface area contributed by atoms with E-state index in [4.69, 9.17) is 56.2 Å². The summed E-state index contributed by atoms with van der Waals surface area (Å²) in [7, 11) is 0. The van der Waals surface area contributed by atoms with Crippen LogP contribution in [0.2, 0.25) is 0 Å². The van der Waals surface area contributed by atoms with E-state index in [-0.39, 0.29) is 49.9 Å². The van der Waals surface area contributed by atoms with E-state index < -0.39 is 6.10 Å². The number of nitrogens with one attached hydrogen (secondary N) is 2. The third kappa shape index (κ3) is 34.8. The van der Waals surface area contributed by atoms with Crippen LogP contribution in [0.3, 0.4) is 0 Å². The van der Waals surface area contributed by atoms with Crippen LogP contribution < -0.4 is 35.3 Å². The number of hydrogen-bond donors (Lipinski definition) is 6. The van der Waals surface area contributed by atoms with Gasteiger partial charge in [0.05, 0.1) is 56.0 Å². The van der Waals surface area contributed by atoms with Crippen LogP contribution in [0.25, 0.3) is 0 Å². The molecule has 13 rings (SSSR count). The van der Waals surface area contributed by atoms with Crippen molar-refractivity contribution in [3.8, 4) is 28.7 Å². The highest BCUT2D eigenvalue weighted by Gasteiger charge is 2.35. The topological polar surface area (TPSA) is 328 Å². The van der Waals surface area contributed by atoms with Gasteiger partial charge in [-0.3, -0.25) is 28.9 Å². The Hall–Kier alpha value is -9.18. The number of amides is 2. The molecule has 2 heterocycles. The second-order valence-corrected chi connectivity index (χ2v) is 29.4. The van der Waals surface area contributed by atoms with E-state index in [2.05, 4.69) is 18.3 Å². The van der Waals surface area contributed by atoms with Gasteiger partial charge in [-0.15, -0.1) is 6.58 Å². The van der Waals surface area contributed by atoms with Gasteiger partial charge in [-0.05, 0) is 205 Å². The van der Waals surface area contributed by atoms with Gasteiger partial charge in [-0.25, -0.2) is 11.1 Å². The minimum Gasteiger partial charge on any atom is -0.493 e. The molecule has 612 valence electrons. The molecule has 7 aliphatic rings. The molecule has 6 aromatic rings. The molecule has 0 spiro atoms. The minimum atomic E-state index is -0.608. The smallest absolute Gasteiger partial charge is 0.261 e. The zero-order chi connectivity index (χ0) is 79.5. The number of hydrogen-bond acceptors (Lipinski definition) is 18. The Bertz CT molecular complexity index is 3670. The summed E-state index contributed by atoms with van der Waals surface area (Å²) >= 11 is 0. The van der Waals surface area contributed by atoms with E-state index in [9.17, 15) is 29.1 Å². The van der Waals surface area contributed by atoms with Crippen molar-refractivity contribution >= 4 is 35.4 Å². The van der Waals surface area contributed by atoms with Gasteiger partial charge in [0.1, 0.15) is 35.0 Å². The largest absolute Gasteiger partial charge is 0.493 e. The highest BCUT2D eigenvalue weighted by Crippen LogP contribution is 2.32. The fourth-order valence-electron chi connectivity index (χ4n) is 14.6. The molecule has 6 aromatic carbocycles. The van der Waals surface area contributed by atoms with E-state index in [0.717, 1.165) is 90.7 Å². The first-order chi connectivity index (χ1) is 54.3. The van der Waals surface area contributed by atoms with Crippen molar-refractivity contribution in [2.45, 2.75) is 199 Å². The maximum Gasteiger partial charge on any atom is 0.261 e. The van der Waals surface area contributed by atoms with Crippen LogP contribution in [0.4, 0.5) is 0 Å². The van der Waals surface area contributed by atoms with Gasteiger partial charge in [0.25, 0.3) is 11.8 Å². The second-order valence-electron chi connectivity index (χ2n) is 29.4. The van der Waals surface area contributed by atoms with E-state index >= 15 is 0 Å². The number of benzene rings is 6. The molecule has 1 unspecified atom stereocenters. The van der Waals surface area contributed by atoms with Gasteiger partial charge in [-0.1, -0.05) is 182 Å². The molecule has 10 N–H and O–H groups in total. The van der Waals surface area contributed by atoms with Crippen LogP contribution in [0.5, 0.6) is 28.7 Å². The molecule has 1 atom stereocenters. The number of nitrogens with two attached hydrogens (primary N) is 2. The molecular formula is C92H130N6O14. The Labute approximate surface area is 667 Å². The van der Waals surface area contributed by atoms with Crippen LogP contribution in [0, 0.1) is 40.7 Å². The number of aldehydes is 1. The first kappa shape index (κ1) is 93.4. The summed E-state index contributed by atoms with van der Waals surface area (Å²) in [4.78, 5) is 60.7. The molecule has 5 aliphatic carbocycles. The zero-order valence-electron chi connectivity index (χ0n) is 66.5. The van der Waals surface area contributed by atoms with E-state index in [1.165, 1.54) is 186 Å². The van der Waals surface area contributed by atoms with E-state index in [1.54, 1.807) is 67.6 Å². The van der Waals surface area contributed by atoms with Crippen LogP contribution in [0.1, 0.15) is 264 Å². The summed E-state index contributed by atoms with van der Waals surface area (Å²) in [6, 6.07) is 44.3. The summed E-state index contributed by atoms with van der Waals surface area (Å²) in [5.41, 5.74) is 20.9.